The normalized spacial score (nSPS) is 20.9. The highest BCUT2D eigenvalue weighted by atomic mass is 14.9. The Balaban J connectivity index is 2.26. The molecule has 0 radical (unpaired) electrons. The summed E-state index contributed by atoms with van der Waals surface area (Å²) in [6.07, 6.45) is 4.32. The van der Waals surface area contributed by atoms with Crippen LogP contribution in [0.2, 0.25) is 0 Å². The first kappa shape index (κ1) is 6.62. The van der Waals surface area contributed by atoms with Gasteiger partial charge in [-0.1, -0.05) is 5.57 Å². The van der Waals surface area contributed by atoms with Crippen LogP contribution in [-0.2, 0) is 0 Å². The molecule has 3 N–H and O–H groups in total. The topological polar surface area (TPSA) is 38.0 Å². The fourth-order valence-electron chi connectivity index (χ4n) is 1.10. The molecule has 52 valence electrons. The molecular weight excluding hydrogens is 112 g/mol. The molecule has 2 heteroatoms. The molecule has 0 aromatic rings. The molecular formula is C7H14N2. The van der Waals surface area contributed by atoms with E-state index in [1.54, 1.807) is 0 Å². The first-order valence-corrected chi connectivity index (χ1v) is 3.46. The molecule has 0 bridgehead atoms. The van der Waals surface area contributed by atoms with Gasteiger partial charge in [0.1, 0.15) is 0 Å². The zero-order valence-corrected chi connectivity index (χ0v) is 5.85. The molecule has 1 rings (SSSR count). The van der Waals surface area contributed by atoms with Crippen molar-refractivity contribution in [3.63, 3.8) is 0 Å². The second-order valence-corrected chi connectivity index (χ2v) is 2.69. The molecule has 1 aliphatic heterocycles. The van der Waals surface area contributed by atoms with Gasteiger partial charge in [0.2, 0.25) is 0 Å². The van der Waals surface area contributed by atoms with Crippen LogP contribution in [0.3, 0.4) is 0 Å². The van der Waals surface area contributed by atoms with Crippen LogP contribution in [0, 0.1) is 0 Å². The fourth-order valence-corrected chi connectivity index (χ4v) is 1.10. The first-order chi connectivity index (χ1) is 4.29. The van der Waals surface area contributed by atoms with E-state index >= 15 is 0 Å². The summed E-state index contributed by atoms with van der Waals surface area (Å²) in [5.74, 6) is 0. The molecule has 1 unspecified atom stereocenters. The molecule has 1 atom stereocenters. The molecule has 9 heavy (non-hydrogen) atoms. The Morgan fingerprint density at radius 3 is 3.11 bits per heavy atom. The minimum atomic E-state index is 0.316. The van der Waals surface area contributed by atoms with Gasteiger partial charge in [0.15, 0.2) is 0 Å². The average Bonchev–Trinajstić information content (AvgIpc) is 2.15. The largest absolute Gasteiger partial charge is 0.391 e. The van der Waals surface area contributed by atoms with E-state index < -0.39 is 0 Å². The lowest BCUT2D eigenvalue weighted by Gasteiger charge is -2.02. The third-order valence-electron chi connectivity index (χ3n) is 1.48. The van der Waals surface area contributed by atoms with E-state index in [0.717, 1.165) is 13.0 Å². The van der Waals surface area contributed by atoms with Crippen LogP contribution >= 0.6 is 0 Å². The van der Waals surface area contributed by atoms with Gasteiger partial charge < -0.3 is 11.1 Å². The Bertz CT molecular complexity index is 116. The number of hydrogen-bond donors (Lipinski definition) is 2. The van der Waals surface area contributed by atoms with E-state index in [0.29, 0.717) is 6.04 Å². The van der Waals surface area contributed by atoms with Crippen LogP contribution in [0.25, 0.3) is 0 Å². The minimum absolute atomic E-state index is 0.316. The highest BCUT2D eigenvalue weighted by Crippen LogP contribution is 2.10. The molecule has 2 nitrogen and oxygen atoms in total. The van der Waals surface area contributed by atoms with Crippen molar-refractivity contribution in [1.82, 2.24) is 5.32 Å². The van der Waals surface area contributed by atoms with Gasteiger partial charge in [-0.25, -0.2) is 0 Å². The molecule has 1 aliphatic rings. The predicted molar refractivity (Wildman–Crippen MR) is 39.0 cm³/mol. The maximum atomic E-state index is 5.60. The summed E-state index contributed by atoms with van der Waals surface area (Å²) in [6.45, 7) is 3.14. The Morgan fingerprint density at radius 2 is 2.67 bits per heavy atom. The molecule has 0 saturated carbocycles. The van der Waals surface area contributed by atoms with Gasteiger partial charge in [0.05, 0.1) is 0 Å². The van der Waals surface area contributed by atoms with Crippen LogP contribution in [0.1, 0.15) is 19.8 Å². The van der Waals surface area contributed by atoms with Gasteiger partial charge in [0, 0.05) is 12.6 Å². The predicted octanol–water partition coefficient (Wildman–Crippen LogP) is 0.601. The van der Waals surface area contributed by atoms with Gasteiger partial charge >= 0.3 is 0 Å². The second kappa shape index (κ2) is 2.87. The van der Waals surface area contributed by atoms with Gasteiger partial charge in [-0.15, -0.1) is 0 Å². The Morgan fingerprint density at radius 1 is 1.89 bits per heavy atom. The lowest BCUT2D eigenvalue weighted by Crippen LogP contribution is -2.14. The van der Waals surface area contributed by atoms with Crippen molar-refractivity contribution < 1.29 is 0 Å². The molecule has 0 aromatic heterocycles. The van der Waals surface area contributed by atoms with Crippen LogP contribution in [0.4, 0.5) is 0 Å². The van der Waals surface area contributed by atoms with E-state index in [9.17, 15) is 0 Å². The first-order valence-electron chi connectivity index (χ1n) is 3.46. The number of rotatable bonds is 2. The summed E-state index contributed by atoms with van der Waals surface area (Å²) < 4.78 is 0. The van der Waals surface area contributed by atoms with Crippen molar-refractivity contribution in [2.75, 3.05) is 6.54 Å². The number of nitrogens with two attached hydrogens (primary N) is 1. The van der Waals surface area contributed by atoms with Gasteiger partial charge in [-0.2, -0.15) is 0 Å². The molecule has 0 amide bonds. The summed E-state index contributed by atoms with van der Waals surface area (Å²) >= 11 is 0. The van der Waals surface area contributed by atoms with Crippen LogP contribution < -0.4 is 11.1 Å². The lowest BCUT2D eigenvalue weighted by molar-refractivity contribution is 0.717. The third-order valence-corrected chi connectivity index (χ3v) is 1.48. The van der Waals surface area contributed by atoms with Crippen molar-refractivity contribution in [3.8, 4) is 0 Å². The Labute approximate surface area is 56.1 Å². The zero-order chi connectivity index (χ0) is 6.69. The molecule has 0 spiro atoms. The van der Waals surface area contributed by atoms with Gasteiger partial charge in [-0.3, -0.25) is 0 Å². The summed E-state index contributed by atoms with van der Waals surface area (Å²) in [5.41, 5.74) is 7.07. The molecule has 0 fully saturated rings. The highest BCUT2D eigenvalue weighted by molar-refractivity contribution is 5.07. The standard InChI is InChI=1S/C7H14N2/c1-6(8)4-7-2-3-9-5-7/h5-6,9H,2-4,8H2,1H3. The van der Waals surface area contributed by atoms with Gasteiger partial charge in [0.25, 0.3) is 0 Å². The minimum Gasteiger partial charge on any atom is -0.391 e. The zero-order valence-electron chi connectivity index (χ0n) is 5.85. The SMILES string of the molecule is CC(N)CC1=CNCC1. The monoisotopic (exact) mass is 126 g/mol. The molecule has 1 heterocycles. The molecule has 0 saturated heterocycles. The van der Waals surface area contributed by atoms with Crippen molar-refractivity contribution in [2.24, 2.45) is 5.73 Å². The van der Waals surface area contributed by atoms with Crippen molar-refractivity contribution in [2.45, 2.75) is 25.8 Å². The van der Waals surface area contributed by atoms with E-state index in [2.05, 4.69) is 11.5 Å². The summed E-state index contributed by atoms with van der Waals surface area (Å²) in [4.78, 5) is 0. The van der Waals surface area contributed by atoms with Crippen molar-refractivity contribution in [1.29, 1.82) is 0 Å². The smallest absolute Gasteiger partial charge is 0.0179 e. The molecule has 0 aliphatic carbocycles. The van der Waals surface area contributed by atoms with E-state index in [4.69, 9.17) is 5.73 Å². The second-order valence-electron chi connectivity index (χ2n) is 2.69. The molecule has 0 aromatic carbocycles. The summed E-state index contributed by atoms with van der Waals surface area (Å²) in [6, 6.07) is 0.316. The number of nitrogens with one attached hydrogen (secondary N) is 1. The summed E-state index contributed by atoms with van der Waals surface area (Å²) in [5, 5.41) is 3.16. The highest BCUT2D eigenvalue weighted by Gasteiger charge is 2.04. The summed E-state index contributed by atoms with van der Waals surface area (Å²) in [7, 11) is 0. The third kappa shape index (κ3) is 2.06. The van der Waals surface area contributed by atoms with Gasteiger partial charge in [-0.05, 0) is 26.0 Å². The maximum Gasteiger partial charge on any atom is 0.0179 e. The number of hydrogen-bond acceptors (Lipinski definition) is 2. The van der Waals surface area contributed by atoms with E-state index in [1.165, 1.54) is 12.0 Å². The van der Waals surface area contributed by atoms with Crippen LogP contribution in [0.15, 0.2) is 11.8 Å². The van der Waals surface area contributed by atoms with E-state index in [-0.39, 0.29) is 0 Å². The van der Waals surface area contributed by atoms with Crippen molar-refractivity contribution in [3.05, 3.63) is 11.8 Å². The van der Waals surface area contributed by atoms with Crippen LogP contribution in [-0.4, -0.2) is 12.6 Å². The van der Waals surface area contributed by atoms with Crippen molar-refractivity contribution >= 4 is 0 Å². The fraction of sp³-hybridized carbons (Fsp3) is 0.714. The Kier molecular flexibility index (Phi) is 2.11. The van der Waals surface area contributed by atoms with E-state index in [1.807, 2.05) is 6.92 Å². The van der Waals surface area contributed by atoms with Crippen LogP contribution in [0.5, 0.6) is 0 Å². The average molecular weight is 126 g/mol. The quantitative estimate of drug-likeness (QED) is 0.568. The lowest BCUT2D eigenvalue weighted by atomic mass is 10.1. The Hall–Kier alpha value is -0.500. The maximum absolute atomic E-state index is 5.60.